The van der Waals surface area contributed by atoms with Crippen LogP contribution in [0.15, 0.2) is 47.5 Å². The monoisotopic (exact) mass is 258 g/mol. The molecule has 1 aliphatic carbocycles. The van der Waals surface area contributed by atoms with E-state index in [2.05, 4.69) is 27.7 Å². The van der Waals surface area contributed by atoms with Gasteiger partial charge in [-0.15, -0.1) is 0 Å². The Morgan fingerprint density at radius 3 is 2.72 bits per heavy atom. The molecule has 1 aromatic carbocycles. The van der Waals surface area contributed by atoms with Gasteiger partial charge < -0.3 is 5.32 Å². The molecule has 1 amide bonds. The van der Waals surface area contributed by atoms with Gasteiger partial charge in [-0.25, -0.2) is 4.99 Å². The summed E-state index contributed by atoms with van der Waals surface area (Å²) < 4.78 is 0. The van der Waals surface area contributed by atoms with Crippen molar-refractivity contribution in [3.05, 3.63) is 42.5 Å². The number of rotatable bonds is 3. The highest BCUT2D eigenvalue weighted by Crippen LogP contribution is 2.23. The summed E-state index contributed by atoms with van der Waals surface area (Å²) in [5.74, 6) is -0.171. The van der Waals surface area contributed by atoms with Gasteiger partial charge in [0.15, 0.2) is 0 Å². The predicted molar refractivity (Wildman–Crippen MR) is 75.7 cm³/mol. The lowest BCUT2D eigenvalue weighted by molar-refractivity contribution is -0.120. The van der Waals surface area contributed by atoms with Crippen LogP contribution in [0.2, 0.25) is 0 Å². The fraction of sp³-hybridized carbons (Fsp3) is 0.286. The normalized spacial score (nSPS) is 22.0. The molecule has 1 aromatic rings. The number of anilines is 1. The van der Waals surface area contributed by atoms with Crippen molar-refractivity contribution < 1.29 is 4.79 Å². The third-order valence-electron chi connectivity index (χ3n) is 3.00. The minimum atomic E-state index is -0.161. The number of carbonyl (C=O) groups is 1. The number of amides is 1. The summed E-state index contributed by atoms with van der Waals surface area (Å²) in [5, 5.41) is 5.29. The van der Waals surface area contributed by atoms with Crippen LogP contribution in [0.3, 0.4) is 0 Å². The highest BCUT2D eigenvalue weighted by Gasteiger charge is 2.28. The molecule has 0 saturated carbocycles. The van der Waals surface area contributed by atoms with Crippen molar-refractivity contribution in [1.29, 1.82) is 0 Å². The Morgan fingerprint density at radius 2 is 2.00 bits per heavy atom. The molecule has 0 radical (unpaired) electrons. The van der Waals surface area contributed by atoms with E-state index < -0.39 is 0 Å². The van der Waals surface area contributed by atoms with Crippen molar-refractivity contribution >= 4 is 29.0 Å². The quantitative estimate of drug-likeness (QED) is 0.514. The van der Waals surface area contributed by atoms with E-state index in [4.69, 9.17) is 0 Å². The lowest BCUT2D eigenvalue weighted by Crippen LogP contribution is -2.32. The summed E-state index contributed by atoms with van der Waals surface area (Å²) in [5.41, 5.74) is 0.808. The van der Waals surface area contributed by atoms with Crippen molar-refractivity contribution in [3.8, 4) is 0 Å². The molecular formula is C14H14N2OS. The molecule has 2 atom stereocenters. The Kier molecular flexibility index (Phi) is 4.40. The number of para-hydroxylation sites is 1. The number of thiocarbonyl (C=S) groups is 1. The second-order valence-corrected chi connectivity index (χ2v) is 4.37. The van der Waals surface area contributed by atoms with E-state index in [0.29, 0.717) is 6.42 Å². The molecule has 0 fully saturated rings. The molecule has 0 saturated heterocycles. The van der Waals surface area contributed by atoms with Crippen LogP contribution in [0.25, 0.3) is 0 Å². The molecule has 4 heteroatoms. The molecule has 0 spiro atoms. The Bertz CT molecular complexity index is 492. The zero-order valence-corrected chi connectivity index (χ0v) is 10.7. The number of nitrogens with zero attached hydrogens (tertiary/aromatic N) is 1. The third kappa shape index (κ3) is 3.13. The SMILES string of the molecule is O=C(Nc1ccccc1)[C@H]1CC=CC[C@H]1N=C=S. The molecule has 18 heavy (non-hydrogen) atoms. The van der Waals surface area contributed by atoms with Gasteiger partial charge in [0.2, 0.25) is 5.91 Å². The third-order valence-corrected chi connectivity index (χ3v) is 3.10. The number of hydrogen-bond donors (Lipinski definition) is 1. The summed E-state index contributed by atoms with van der Waals surface area (Å²) in [7, 11) is 0. The van der Waals surface area contributed by atoms with Gasteiger partial charge >= 0.3 is 0 Å². The summed E-state index contributed by atoms with van der Waals surface area (Å²) >= 11 is 4.63. The van der Waals surface area contributed by atoms with E-state index in [1.54, 1.807) is 0 Å². The van der Waals surface area contributed by atoms with Crippen LogP contribution in [0.1, 0.15) is 12.8 Å². The average molecular weight is 258 g/mol. The molecule has 1 N–H and O–H groups in total. The maximum atomic E-state index is 12.2. The van der Waals surface area contributed by atoms with Gasteiger partial charge in [0.05, 0.1) is 17.1 Å². The fourth-order valence-corrected chi connectivity index (χ4v) is 2.18. The fourth-order valence-electron chi connectivity index (χ4n) is 2.05. The van der Waals surface area contributed by atoms with E-state index in [1.807, 2.05) is 42.5 Å². The molecule has 0 aromatic heterocycles. The van der Waals surface area contributed by atoms with Crippen LogP contribution < -0.4 is 5.32 Å². The first kappa shape index (κ1) is 12.7. The van der Waals surface area contributed by atoms with Crippen LogP contribution in [0, 0.1) is 5.92 Å². The van der Waals surface area contributed by atoms with Gasteiger partial charge in [0.25, 0.3) is 0 Å². The molecule has 2 rings (SSSR count). The number of nitrogens with one attached hydrogen (secondary N) is 1. The van der Waals surface area contributed by atoms with E-state index in [-0.39, 0.29) is 17.9 Å². The molecule has 92 valence electrons. The van der Waals surface area contributed by atoms with Crippen LogP contribution in [-0.2, 0) is 4.79 Å². The molecule has 0 heterocycles. The molecular weight excluding hydrogens is 244 g/mol. The average Bonchev–Trinajstić information content (AvgIpc) is 2.41. The summed E-state index contributed by atoms with van der Waals surface area (Å²) in [4.78, 5) is 16.3. The topological polar surface area (TPSA) is 41.5 Å². The zero-order valence-electron chi connectivity index (χ0n) is 9.87. The van der Waals surface area contributed by atoms with Gasteiger partial charge in [-0.3, -0.25) is 4.79 Å². The number of aliphatic imine (C=N–C) groups is 1. The Labute approximate surface area is 112 Å². The van der Waals surface area contributed by atoms with Crippen LogP contribution in [0.4, 0.5) is 5.69 Å². The Balaban J connectivity index is 2.07. The highest BCUT2D eigenvalue weighted by atomic mass is 32.1. The smallest absolute Gasteiger partial charge is 0.230 e. The van der Waals surface area contributed by atoms with E-state index in [0.717, 1.165) is 12.1 Å². The van der Waals surface area contributed by atoms with E-state index in [1.165, 1.54) is 0 Å². The molecule has 0 aliphatic heterocycles. The standard InChI is InChI=1S/C14H14N2OS/c17-14(16-11-6-2-1-3-7-11)12-8-4-5-9-13(12)15-10-18/h1-7,12-13H,8-9H2,(H,16,17)/t12-,13+/m0/s1. The minimum absolute atomic E-state index is 0.00968. The number of isothiocyanates is 1. The Morgan fingerprint density at radius 1 is 1.28 bits per heavy atom. The van der Waals surface area contributed by atoms with E-state index >= 15 is 0 Å². The van der Waals surface area contributed by atoms with Crippen molar-refractivity contribution in [2.24, 2.45) is 10.9 Å². The molecule has 1 aliphatic rings. The number of allylic oxidation sites excluding steroid dienone is 1. The minimum Gasteiger partial charge on any atom is -0.326 e. The number of carbonyl (C=O) groups excluding carboxylic acids is 1. The second kappa shape index (κ2) is 6.24. The van der Waals surface area contributed by atoms with Crippen LogP contribution in [-0.4, -0.2) is 17.1 Å². The molecule has 0 unspecified atom stereocenters. The first-order valence-corrected chi connectivity index (χ1v) is 6.30. The van der Waals surface area contributed by atoms with Gasteiger partial charge in [0.1, 0.15) is 0 Å². The van der Waals surface area contributed by atoms with Crippen molar-refractivity contribution in [1.82, 2.24) is 0 Å². The molecule has 0 bridgehead atoms. The Hall–Kier alpha value is -1.77. The zero-order chi connectivity index (χ0) is 12.8. The lowest BCUT2D eigenvalue weighted by Gasteiger charge is -2.23. The maximum absolute atomic E-state index is 12.2. The van der Waals surface area contributed by atoms with Crippen molar-refractivity contribution in [2.75, 3.05) is 5.32 Å². The highest BCUT2D eigenvalue weighted by molar-refractivity contribution is 7.78. The van der Waals surface area contributed by atoms with Gasteiger partial charge in [0, 0.05) is 5.69 Å². The number of hydrogen-bond acceptors (Lipinski definition) is 3. The van der Waals surface area contributed by atoms with Gasteiger partial charge in [-0.1, -0.05) is 30.4 Å². The van der Waals surface area contributed by atoms with Gasteiger partial charge in [-0.05, 0) is 37.2 Å². The maximum Gasteiger partial charge on any atom is 0.230 e. The van der Waals surface area contributed by atoms with Crippen molar-refractivity contribution in [2.45, 2.75) is 18.9 Å². The van der Waals surface area contributed by atoms with E-state index in [9.17, 15) is 4.79 Å². The van der Waals surface area contributed by atoms with Crippen molar-refractivity contribution in [3.63, 3.8) is 0 Å². The summed E-state index contributed by atoms with van der Waals surface area (Å²) in [6.45, 7) is 0. The summed E-state index contributed by atoms with van der Waals surface area (Å²) in [6, 6.07) is 9.35. The second-order valence-electron chi connectivity index (χ2n) is 4.19. The summed E-state index contributed by atoms with van der Waals surface area (Å²) in [6.07, 6.45) is 5.50. The molecule has 3 nitrogen and oxygen atoms in total. The largest absolute Gasteiger partial charge is 0.326 e. The number of benzene rings is 1. The van der Waals surface area contributed by atoms with Gasteiger partial charge in [-0.2, -0.15) is 0 Å². The van der Waals surface area contributed by atoms with Crippen LogP contribution in [0.5, 0.6) is 0 Å². The first-order valence-electron chi connectivity index (χ1n) is 5.89. The predicted octanol–water partition coefficient (Wildman–Crippen LogP) is 3.06. The van der Waals surface area contributed by atoms with Crippen LogP contribution >= 0.6 is 12.2 Å². The lowest BCUT2D eigenvalue weighted by atomic mass is 9.88. The first-order chi connectivity index (χ1) is 8.81.